The van der Waals surface area contributed by atoms with Crippen molar-refractivity contribution in [1.29, 1.82) is 0 Å². The van der Waals surface area contributed by atoms with E-state index in [1.807, 2.05) is 18.3 Å². The van der Waals surface area contributed by atoms with Crippen LogP contribution in [0.3, 0.4) is 0 Å². The summed E-state index contributed by atoms with van der Waals surface area (Å²) in [6.45, 7) is 0. The van der Waals surface area contributed by atoms with Crippen molar-refractivity contribution in [2.45, 2.75) is 12.3 Å². The Morgan fingerprint density at radius 3 is 2.76 bits per heavy atom. The first kappa shape index (κ1) is 14.3. The Kier molecular flexibility index (Phi) is 2.98. The van der Waals surface area contributed by atoms with Gasteiger partial charge in [0, 0.05) is 17.5 Å². The van der Waals surface area contributed by atoms with Gasteiger partial charge in [-0.3, -0.25) is 5.10 Å². The molecule has 0 fully saturated rings. The average molecular weight is 333 g/mol. The molecule has 2 heterocycles. The van der Waals surface area contributed by atoms with Crippen LogP contribution in [0.1, 0.15) is 22.6 Å². The Labute approximate surface area is 142 Å². The number of aromatic amines is 1. The number of hydrogen-bond acceptors (Lipinski definition) is 2. The van der Waals surface area contributed by atoms with Gasteiger partial charge < -0.3 is 0 Å². The van der Waals surface area contributed by atoms with E-state index in [0.717, 1.165) is 38.9 Å². The van der Waals surface area contributed by atoms with Gasteiger partial charge in [0.2, 0.25) is 0 Å². The molecule has 4 aromatic rings. The summed E-state index contributed by atoms with van der Waals surface area (Å²) in [5.74, 6) is -1.68. The Hall–Kier alpha value is -3.08. The molecule has 1 atom stereocenters. The van der Waals surface area contributed by atoms with E-state index in [-0.39, 0.29) is 5.92 Å². The van der Waals surface area contributed by atoms with E-state index >= 15 is 0 Å². The Balaban J connectivity index is 1.76. The van der Waals surface area contributed by atoms with Crippen LogP contribution in [0.5, 0.6) is 0 Å². The van der Waals surface area contributed by atoms with E-state index in [2.05, 4.69) is 27.3 Å². The van der Waals surface area contributed by atoms with Crippen molar-refractivity contribution in [3.63, 3.8) is 0 Å². The summed E-state index contributed by atoms with van der Waals surface area (Å²) >= 11 is 0. The molecular weight excluding hydrogens is 320 g/mol. The molecule has 1 N–H and O–H groups in total. The lowest BCUT2D eigenvalue weighted by atomic mass is 9.75. The predicted octanol–water partition coefficient (Wildman–Crippen LogP) is 4.59. The molecule has 0 saturated heterocycles. The number of rotatable bonds is 1. The number of hydrogen-bond donors (Lipinski definition) is 1. The second kappa shape index (κ2) is 5.21. The highest BCUT2D eigenvalue weighted by molar-refractivity contribution is 5.96. The van der Waals surface area contributed by atoms with Gasteiger partial charge in [0.1, 0.15) is 0 Å². The minimum atomic E-state index is -0.824. The van der Waals surface area contributed by atoms with Crippen molar-refractivity contribution in [2.24, 2.45) is 0 Å². The largest absolute Gasteiger partial charge is 0.261 e. The lowest BCUT2D eigenvalue weighted by Gasteiger charge is -2.28. The third-order valence-corrected chi connectivity index (χ3v) is 4.93. The van der Waals surface area contributed by atoms with Crippen LogP contribution in [0.25, 0.3) is 22.2 Å². The third-order valence-electron chi connectivity index (χ3n) is 4.93. The number of benzene rings is 2. The zero-order chi connectivity index (χ0) is 17.0. The first-order chi connectivity index (χ1) is 12.2. The molecule has 5 heteroatoms. The van der Waals surface area contributed by atoms with Crippen LogP contribution >= 0.6 is 0 Å². The minimum Gasteiger partial charge on any atom is -0.261 e. The van der Waals surface area contributed by atoms with Gasteiger partial charge >= 0.3 is 0 Å². The molecule has 122 valence electrons. The maximum atomic E-state index is 13.8. The standard InChI is InChI=1S/C20H13F2N3/c21-17-6-5-11(8-18(17)22)15-7-12-9-23-20-16(10-24-25-20)19(12)14-4-2-1-3-13(14)15/h1-6,8-10,15H,7H2,(H,23,24,25). The first-order valence-corrected chi connectivity index (χ1v) is 8.07. The van der Waals surface area contributed by atoms with Crippen LogP contribution in [0, 0.1) is 11.6 Å². The number of nitrogens with zero attached hydrogens (tertiary/aromatic N) is 2. The highest BCUT2D eigenvalue weighted by atomic mass is 19.2. The molecule has 3 nitrogen and oxygen atoms in total. The van der Waals surface area contributed by atoms with Gasteiger partial charge in [-0.05, 0) is 46.4 Å². The number of aromatic nitrogens is 3. The molecule has 2 aromatic heterocycles. The summed E-state index contributed by atoms with van der Waals surface area (Å²) in [5, 5.41) is 7.99. The number of halogens is 2. The van der Waals surface area contributed by atoms with E-state index in [1.165, 1.54) is 12.1 Å². The Bertz CT molecular complexity index is 1120. The van der Waals surface area contributed by atoms with E-state index in [0.29, 0.717) is 6.42 Å². The summed E-state index contributed by atoms with van der Waals surface area (Å²) in [4.78, 5) is 4.44. The molecule has 1 unspecified atom stereocenters. The van der Waals surface area contributed by atoms with Gasteiger partial charge in [-0.2, -0.15) is 5.10 Å². The molecule has 0 saturated carbocycles. The fourth-order valence-corrected chi connectivity index (χ4v) is 3.80. The van der Waals surface area contributed by atoms with Gasteiger partial charge in [-0.1, -0.05) is 30.3 Å². The average Bonchev–Trinajstić information content (AvgIpc) is 3.12. The van der Waals surface area contributed by atoms with Crippen LogP contribution in [0.2, 0.25) is 0 Å². The summed E-state index contributed by atoms with van der Waals surface area (Å²) in [6, 6.07) is 12.2. The Morgan fingerprint density at radius 1 is 1.00 bits per heavy atom. The molecule has 0 amide bonds. The molecule has 5 rings (SSSR count). The number of H-pyrrole nitrogens is 1. The van der Waals surface area contributed by atoms with E-state index in [4.69, 9.17) is 0 Å². The third kappa shape index (κ3) is 2.09. The SMILES string of the molecule is Fc1ccc(C2Cc3cnc4[nH]ncc4c3-c3ccccc32)cc1F. The smallest absolute Gasteiger partial charge is 0.159 e. The van der Waals surface area contributed by atoms with E-state index in [9.17, 15) is 8.78 Å². The van der Waals surface area contributed by atoms with Gasteiger partial charge in [-0.25, -0.2) is 13.8 Å². The minimum absolute atomic E-state index is 0.0371. The van der Waals surface area contributed by atoms with Gasteiger partial charge in [0.15, 0.2) is 17.3 Å². The lowest BCUT2D eigenvalue weighted by Crippen LogP contribution is -2.13. The van der Waals surface area contributed by atoms with Crippen LogP contribution in [-0.2, 0) is 6.42 Å². The van der Waals surface area contributed by atoms with Gasteiger partial charge in [-0.15, -0.1) is 0 Å². The molecule has 0 spiro atoms. The number of pyridine rings is 1. The second-order valence-electron chi connectivity index (χ2n) is 6.31. The van der Waals surface area contributed by atoms with Crippen molar-refractivity contribution in [3.8, 4) is 11.1 Å². The maximum absolute atomic E-state index is 13.8. The molecular formula is C20H13F2N3. The molecule has 0 radical (unpaired) electrons. The highest BCUT2D eigenvalue weighted by Crippen LogP contribution is 2.44. The summed E-state index contributed by atoms with van der Waals surface area (Å²) in [7, 11) is 0. The predicted molar refractivity (Wildman–Crippen MR) is 91.2 cm³/mol. The molecule has 1 aliphatic carbocycles. The van der Waals surface area contributed by atoms with Gasteiger partial charge in [0.05, 0.1) is 6.20 Å². The second-order valence-corrected chi connectivity index (χ2v) is 6.31. The van der Waals surface area contributed by atoms with Crippen LogP contribution in [-0.4, -0.2) is 15.2 Å². The molecule has 2 aromatic carbocycles. The Morgan fingerprint density at radius 2 is 1.88 bits per heavy atom. The molecule has 0 bridgehead atoms. The van der Waals surface area contributed by atoms with Crippen LogP contribution in [0.4, 0.5) is 8.78 Å². The summed E-state index contributed by atoms with van der Waals surface area (Å²) in [6.07, 6.45) is 4.32. The summed E-state index contributed by atoms with van der Waals surface area (Å²) in [5.41, 5.74) is 5.92. The quantitative estimate of drug-likeness (QED) is 0.553. The zero-order valence-corrected chi connectivity index (χ0v) is 13.1. The monoisotopic (exact) mass is 333 g/mol. The van der Waals surface area contributed by atoms with Crippen molar-refractivity contribution >= 4 is 11.0 Å². The van der Waals surface area contributed by atoms with Crippen LogP contribution < -0.4 is 0 Å². The molecule has 25 heavy (non-hydrogen) atoms. The molecule has 0 aliphatic heterocycles. The number of fused-ring (bicyclic) bond motifs is 5. The fourth-order valence-electron chi connectivity index (χ4n) is 3.80. The van der Waals surface area contributed by atoms with E-state index in [1.54, 1.807) is 12.3 Å². The van der Waals surface area contributed by atoms with Crippen molar-refractivity contribution in [1.82, 2.24) is 15.2 Å². The normalized spacial score (nSPS) is 15.8. The van der Waals surface area contributed by atoms with Crippen molar-refractivity contribution in [3.05, 3.63) is 83.2 Å². The molecule has 1 aliphatic rings. The summed E-state index contributed by atoms with van der Waals surface area (Å²) < 4.78 is 27.1. The van der Waals surface area contributed by atoms with Crippen LogP contribution in [0.15, 0.2) is 54.9 Å². The van der Waals surface area contributed by atoms with Gasteiger partial charge in [0.25, 0.3) is 0 Å². The zero-order valence-electron chi connectivity index (χ0n) is 13.1. The topological polar surface area (TPSA) is 41.6 Å². The number of nitrogens with one attached hydrogen (secondary N) is 1. The van der Waals surface area contributed by atoms with Crippen molar-refractivity contribution < 1.29 is 8.78 Å². The first-order valence-electron chi connectivity index (χ1n) is 8.07. The lowest BCUT2D eigenvalue weighted by molar-refractivity contribution is 0.506. The highest BCUT2D eigenvalue weighted by Gasteiger charge is 2.28. The fraction of sp³-hybridized carbons (Fsp3) is 0.100. The van der Waals surface area contributed by atoms with E-state index < -0.39 is 11.6 Å². The maximum Gasteiger partial charge on any atom is 0.159 e. The van der Waals surface area contributed by atoms with Crippen molar-refractivity contribution in [2.75, 3.05) is 0 Å².